The minimum atomic E-state index is 0.520. The van der Waals surface area contributed by atoms with Gasteiger partial charge in [-0.3, -0.25) is 0 Å². The Morgan fingerprint density at radius 2 is 1.88 bits per heavy atom. The number of hydrogen-bond acceptors (Lipinski definition) is 1. The van der Waals surface area contributed by atoms with Crippen molar-refractivity contribution in [2.24, 2.45) is 23.5 Å². The molecule has 0 amide bonds. The largest absolute Gasteiger partial charge is 0.330 e. The summed E-state index contributed by atoms with van der Waals surface area (Å²) in [5.74, 6) is 1.88. The van der Waals surface area contributed by atoms with Crippen LogP contribution in [0.4, 0.5) is 0 Å². The van der Waals surface area contributed by atoms with Crippen molar-refractivity contribution in [3.05, 3.63) is 24.8 Å². The van der Waals surface area contributed by atoms with Gasteiger partial charge in [0.25, 0.3) is 0 Å². The standard InChI is InChI=1S/C15H29N/c1-5-13(3)10-11-15(6-2)14(4)9-7-8-12-16/h6,10-11,13-15H,2,5,7-9,12,16H2,1,3-4H3/b11-10-. The normalized spacial score (nSPS) is 17.2. The van der Waals surface area contributed by atoms with Crippen LogP contribution in [0.5, 0.6) is 0 Å². The summed E-state index contributed by atoms with van der Waals surface area (Å²) in [7, 11) is 0. The van der Waals surface area contributed by atoms with Gasteiger partial charge in [0, 0.05) is 0 Å². The second-order valence-electron chi connectivity index (χ2n) is 4.85. The molecule has 16 heavy (non-hydrogen) atoms. The monoisotopic (exact) mass is 223 g/mol. The highest BCUT2D eigenvalue weighted by atomic mass is 14.5. The summed E-state index contributed by atoms with van der Waals surface area (Å²) in [5, 5.41) is 0. The Kier molecular flexibility index (Phi) is 9.31. The molecule has 2 N–H and O–H groups in total. The highest BCUT2D eigenvalue weighted by molar-refractivity contribution is 5.00. The van der Waals surface area contributed by atoms with Gasteiger partial charge in [-0.25, -0.2) is 0 Å². The zero-order valence-electron chi connectivity index (χ0n) is 11.3. The molecule has 0 aromatic heterocycles. The molecule has 0 aliphatic carbocycles. The fraction of sp³-hybridized carbons (Fsp3) is 0.733. The Bertz CT molecular complexity index is 196. The predicted molar refractivity (Wildman–Crippen MR) is 74.4 cm³/mol. The molecule has 0 fully saturated rings. The van der Waals surface area contributed by atoms with E-state index in [1.165, 1.54) is 19.3 Å². The second-order valence-corrected chi connectivity index (χ2v) is 4.85. The Balaban J connectivity index is 4.05. The summed E-state index contributed by atoms with van der Waals surface area (Å²) in [6.07, 6.45) is 11.6. The Morgan fingerprint density at radius 3 is 2.38 bits per heavy atom. The second kappa shape index (κ2) is 9.65. The van der Waals surface area contributed by atoms with Crippen molar-refractivity contribution in [2.45, 2.75) is 46.5 Å². The first kappa shape index (κ1) is 15.4. The van der Waals surface area contributed by atoms with E-state index in [4.69, 9.17) is 5.73 Å². The van der Waals surface area contributed by atoms with Gasteiger partial charge in [0.2, 0.25) is 0 Å². The van der Waals surface area contributed by atoms with E-state index in [9.17, 15) is 0 Å². The highest BCUT2D eigenvalue weighted by Gasteiger charge is 2.10. The van der Waals surface area contributed by atoms with E-state index >= 15 is 0 Å². The van der Waals surface area contributed by atoms with Gasteiger partial charge < -0.3 is 5.73 Å². The first-order valence-electron chi connectivity index (χ1n) is 6.66. The molecule has 0 heterocycles. The van der Waals surface area contributed by atoms with Crippen LogP contribution in [0.3, 0.4) is 0 Å². The molecule has 0 aromatic carbocycles. The first-order chi connectivity index (χ1) is 7.65. The van der Waals surface area contributed by atoms with Crippen LogP contribution in [0.1, 0.15) is 46.5 Å². The number of allylic oxidation sites excluding steroid dienone is 3. The van der Waals surface area contributed by atoms with Crippen molar-refractivity contribution < 1.29 is 0 Å². The van der Waals surface area contributed by atoms with Crippen LogP contribution >= 0.6 is 0 Å². The number of rotatable bonds is 9. The summed E-state index contributed by atoms with van der Waals surface area (Å²) in [5.41, 5.74) is 5.51. The lowest BCUT2D eigenvalue weighted by atomic mass is 9.88. The zero-order valence-corrected chi connectivity index (χ0v) is 11.3. The van der Waals surface area contributed by atoms with Gasteiger partial charge in [-0.1, -0.05) is 51.8 Å². The molecular weight excluding hydrogens is 194 g/mol. The van der Waals surface area contributed by atoms with Gasteiger partial charge in [-0.2, -0.15) is 0 Å². The average Bonchev–Trinajstić information content (AvgIpc) is 2.29. The molecule has 0 radical (unpaired) electrons. The molecule has 0 aliphatic rings. The molecule has 0 aliphatic heterocycles. The van der Waals surface area contributed by atoms with Crippen molar-refractivity contribution in [1.82, 2.24) is 0 Å². The number of unbranched alkanes of at least 4 members (excludes halogenated alkanes) is 1. The van der Waals surface area contributed by atoms with Crippen LogP contribution in [0.25, 0.3) is 0 Å². The van der Waals surface area contributed by atoms with Crippen molar-refractivity contribution in [1.29, 1.82) is 0 Å². The third-order valence-corrected chi connectivity index (χ3v) is 3.35. The minimum Gasteiger partial charge on any atom is -0.330 e. The number of hydrogen-bond donors (Lipinski definition) is 1. The molecule has 94 valence electrons. The molecule has 0 spiro atoms. The smallest absolute Gasteiger partial charge is 0.00304 e. The molecule has 1 heteroatoms. The molecule has 0 rings (SSSR count). The molecule has 3 unspecified atom stereocenters. The molecular formula is C15H29N. The SMILES string of the molecule is C=CC(/C=C\C(C)CC)C(C)CCCCN. The van der Waals surface area contributed by atoms with E-state index in [2.05, 4.69) is 45.6 Å². The van der Waals surface area contributed by atoms with E-state index in [0.29, 0.717) is 17.8 Å². The van der Waals surface area contributed by atoms with Crippen LogP contribution in [0.15, 0.2) is 24.8 Å². The number of nitrogens with two attached hydrogens (primary N) is 1. The Morgan fingerprint density at radius 1 is 1.19 bits per heavy atom. The van der Waals surface area contributed by atoms with E-state index in [-0.39, 0.29) is 0 Å². The molecule has 0 aromatic rings. The van der Waals surface area contributed by atoms with E-state index in [0.717, 1.165) is 13.0 Å². The van der Waals surface area contributed by atoms with E-state index in [1.807, 2.05) is 0 Å². The van der Waals surface area contributed by atoms with Crippen LogP contribution in [0, 0.1) is 17.8 Å². The lowest BCUT2D eigenvalue weighted by Crippen LogP contribution is -2.08. The van der Waals surface area contributed by atoms with Gasteiger partial charge >= 0.3 is 0 Å². The fourth-order valence-electron chi connectivity index (χ4n) is 1.76. The van der Waals surface area contributed by atoms with Crippen molar-refractivity contribution in [3.63, 3.8) is 0 Å². The summed E-state index contributed by atoms with van der Waals surface area (Å²) in [6.45, 7) is 11.5. The average molecular weight is 223 g/mol. The van der Waals surface area contributed by atoms with Crippen molar-refractivity contribution in [3.8, 4) is 0 Å². The van der Waals surface area contributed by atoms with Gasteiger partial charge in [0.05, 0.1) is 0 Å². The Labute approximate surface area is 102 Å². The maximum absolute atomic E-state index is 5.51. The molecule has 0 saturated heterocycles. The van der Waals surface area contributed by atoms with Gasteiger partial charge in [-0.15, -0.1) is 6.58 Å². The van der Waals surface area contributed by atoms with Gasteiger partial charge in [-0.05, 0) is 37.1 Å². The fourth-order valence-corrected chi connectivity index (χ4v) is 1.76. The predicted octanol–water partition coefficient (Wildman–Crippen LogP) is 4.16. The van der Waals surface area contributed by atoms with Crippen molar-refractivity contribution in [2.75, 3.05) is 6.54 Å². The molecule has 0 bridgehead atoms. The Hall–Kier alpha value is -0.560. The van der Waals surface area contributed by atoms with Gasteiger partial charge in [0.1, 0.15) is 0 Å². The lowest BCUT2D eigenvalue weighted by Gasteiger charge is -2.17. The molecule has 0 saturated carbocycles. The lowest BCUT2D eigenvalue weighted by molar-refractivity contribution is 0.439. The highest BCUT2D eigenvalue weighted by Crippen LogP contribution is 2.21. The van der Waals surface area contributed by atoms with Crippen LogP contribution < -0.4 is 5.73 Å². The summed E-state index contributed by atoms with van der Waals surface area (Å²) >= 11 is 0. The quantitative estimate of drug-likeness (QED) is 0.461. The molecule has 1 nitrogen and oxygen atoms in total. The van der Waals surface area contributed by atoms with Crippen LogP contribution in [-0.2, 0) is 0 Å². The summed E-state index contributed by atoms with van der Waals surface area (Å²) in [6, 6.07) is 0. The molecule has 3 atom stereocenters. The van der Waals surface area contributed by atoms with E-state index in [1.54, 1.807) is 0 Å². The maximum atomic E-state index is 5.51. The van der Waals surface area contributed by atoms with Crippen molar-refractivity contribution >= 4 is 0 Å². The van der Waals surface area contributed by atoms with Gasteiger partial charge in [0.15, 0.2) is 0 Å². The minimum absolute atomic E-state index is 0.520. The van der Waals surface area contributed by atoms with Crippen LogP contribution in [0.2, 0.25) is 0 Å². The van der Waals surface area contributed by atoms with E-state index < -0.39 is 0 Å². The topological polar surface area (TPSA) is 26.0 Å². The third kappa shape index (κ3) is 6.84. The zero-order chi connectivity index (χ0) is 12.4. The maximum Gasteiger partial charge on any atom is -0.00304 e. The third-order valence-electron chi connectivity index (χ3n) is 3.35. The first-order valence-corrected chi connectivity index (χ1v) is 6.66. The summed E-state index contributed by atoms with van der Waals surface area (Å²) in [4.78, 5) is 0. The summed E-state index contributed by atoms with van der Waals surface area (Å²) < 4.78 is 0. The van der Waals surface area contributed by atoms with Crippen LogP contribution in [-0.4, -0.2) is 6.54 Å².